The SMILES string of the molecule is Cc1ccccc1SCC(=O)NC[C@@H]1CN(CC(C)C)CCO1. The molecule has 0 aliphatic carbocycles. The van der Waals surface area contributed by atoms with Gasteiger partial charge >= 0.3 is 0 Å². The zero-order chi connectivity index (χ0) is 16.7. The highest BCUT2D eigenvalue weighted by atomic mass is 32.2. The van der Waals surface area contributed by atoms with Gasteiger partial charge in [-0.2, -0.15) is 0 Å². The van der Waals surface area contributed by atoms with Gasteiger partial charge in [-0.3, -0.25) is 9.69 Å². The lowest BCUT2D eigenvalue weighted by molar-refractivity contribution is -0.119. The average Bonchev–Trinajstić information content (AvgIpc) is 2.52. The third-order valence-corrected chi connectivity index (χ3v) is 5.00. The Labute approximate surface area is 144 Å². The number of nitrogens with one attached hydrogen (secondary N) is 1. The van der Waals surface area contributed by atoms with Gasteiger partial charge in [0.15, 0.2) is 0 Å². The number of carbonyl (C=O) groups is 1. The van der Waals surface area contributed by atoms with Crippen LogP contribution in [0.4, 0.5) is 0 Å². The molecule has 1 aliphatic rings. The monoisotopic (exact) mass is 336 g/mol. The van der Waals surface area contributed by atoms with Crippen molar-refractivity contribution in [2.75, 3.05) is 38.5 Å². The fourth-order valence-electron chi connectivity index (χ4n) is 2.73. The fourth-order valence-corrected chi connectivity index (χ4v) is 3.59. The summed E-state index contributed by atoms with van der Waals surface area (Å²) in [7, 11) is 0. The van der Waals surface area contributed by atoms with Crippen LogP contribution >= 0.6 is 11.8 Å². The molecule has 4 nitrogen and oxygen atoms in total. The summed E-state index contributed by atoms with van der Waals surface area (Å²) < 4.78 is 5.76. The number of hydrogen-bond donors (Lipinski definition) is 1. The molecule has 1 amide bonds. The highest BCUT2D eigenvalue weighted by molar-refractivity contribution is 8.00. The Hall–Kier alpha value is -1.04. The van der Waals surface area contributed by atoms with Crippen molar-refractivity contribution in [2.24, 2.45) is 5.92 Å². The lowest BCUT2D eigenvalue weighted by Crippen LogP contribution is -2.48. The Morgan fingerprint density at radius 2 is 2.22 bits per heavy atom. The minimum Gasteiger partial charge on any atom is -0.374 e. The van der Waals surface area contributed by atoms with Crippen LogP contribution in [0.25, 0.3) is 0 Å². The number of aryl methyl sites for hydroxylation is 1. The average molecular weight is 337 g/mol. The highest BCUT2D eigenvalue weighted by Gasteiger charge is 2.21. The summed E-state index contributed by atoms with van der Waals surface area (Å²) >= 11 is 1.59. The Morgan fingerprint density at radius 3 is 2.96 bits per heavy atom. The maximum atomic E-state index is 12.0. The van der Waals surface area contributed by atoms with E-state index < -0.39 is 0 Å². The van der Waals surface area contributed by atoms with Crippen LogP contribution in [0.1, 0.15) is 19.4 Å². The lowest BCUT2D eigenvalue weighted by Gasteiger charge is -2.33. The van der Waals surface area contributed by atoms with Gasteiger partial charge in [-0.1, -0.05) is 32.0 Å². The van der Waals surface area contributed by atoms with E-state index in [1.807, 2.05) is 12.1 Å². The van der Waals surface area contributed by atoms with Gasteiger partial charge in [0, 0.05) is 31.1 Å². The fraction of sp³-hybridized carbons (Fsp3) is 0.611. The number of rotatable bonds is 7. The van der Waals surface area contributed by atoms with Crippen LogP contribution in [0.3, 0.4) is 0 Å². The van der Waals surface area contributed by atoms with Crippen LogP contribution in [0, 0.1) is 12.8 Å². The molecule has 1 fully saturated rings. The molecule has 128 valence electrons. The van der Waals surface area contributed by atoms with Gasteiger partial charge in [0.25, 0.3) is 0 Å². The Kier molecular flexibility index (Phi) is 7.40. The minimum atomic E-state index is 0.0721. The van der Waals surface area contributed by atoms with Crippen LogP contribution in [0.15, 0.2) is 29.2 Å². The number of carbonyl (C=O) groups excluding carboxylic acids is 1. The molecule has 0 saturated carbocycles. The first-order valence-corrected chi connectivity index (χ1v) is 9.32. The molecular formula is C18H28N2O2S. The van der Waals surface area contributed by atoms with Crippen molar-refractivity contribution in [1.29, 1.82) is 0 Å². The number of thioether (sulfide) groups is 1. The van der Waals surface area contributed by atoms with Gasteiger partial charge in [-0.15, -0.1) is 11.8 Å². The molecule has 1 atom stereocenters. The Bertz CT molecular complexity index is 508. The van der Waals surface area contributed by atoms with E-state index in [9.17, 15) is 4.79 Å². The van der Waals surface area contributed by atoms with Crippen molar-refractivity contribution in [2.45, 2.75) is 31.8 Å². The Balaban J connectivity index is 1.69. The molecule has 0 aromatic heterocycles. The van der Waals surface area contributed by atoms with Crippen LogP contribution < -0.4 is 5.32 Å². The van der Waals surface area contributed by atoms with E-state index in [4.69, 9.17) is 4.74 Å². The van der Waals surface area contributed by atoms with E-state index >= 15 is 0 Å². The van der Waals surface area contributed by atoms with Crippen LogP contribution in [0.5, 0.6) is 0 Å². The van der Waals surface area contributed by atoms with Crippen molar-refractivity contribution < 1.29 is 9.53 Å². The second kappa shape index (κ2) is 9.30. The first kappa shape index (κ1) is 18.3. The largest absolute Gasteiger partial charge is 0.374 e. The summed E-state index contributed by atoms with van der Waals surface area (Å²) in [5, 5.41) is 3.00. The van der Waals surface area contributed by atoms with E-state index in [1.165, 1.54) is 10.5 Å². The number of ether oxygens (including phenoxy) is 1. The Morgan fingerprint density at radius 1 is 1.43 bits per heavy atom. The molecule has 0 unspecified atom stereocenters. The summed E-state index contributed by atoms with van der Waals surface area (Å²) in [6, 6.07) is 8.15. The molecule has 1 heterocycles. The number of nitrogens with zero attached hydrogens (tertiary/aromatic N) is 1. The lowest BCUT2D eigenvalue weighted by atomic mass is 10.2. The normalized spacial score (nSPS) is 19.0. The third-order valence-electron chi connectivity index (χ3n) is 3.83. The van der Waals surface area contributed by atoms with Crippen molar-refractivity contribution in [3.63, 3.8) is 0 Å². The van der Waals surface area contributed by atoms with Crippen LogP contribution in [-0.2, 0) is 9.53 Å². The molecule has 0 spiro atoms. The van der Waals surface area contributed by atoms with E-state index in [0.717, 1.165) is 26.2 Å². The molecule has 0 bridgehead atoms. The van der Waals surface area contributed by atoms with E-state index in [2.05, 4.69) is 43.1 Å². The van der Waals surface area contributed by atoms with Gasteiger partial charge in [0.05, 0.1) is 18.5 Å². The smallest absolute Gasteiger partial charge is 0.230 e. The molecule has 1 aromatic rings. The van der Waals surface area contributed by atoms with Crippen molar-refractivity contribution in [1.82, 2.24) is 10.2 Å². The molecule has 5 heteroatoms. The third kappa shape index (κ3) is 6.53. The topological polar surface area (TPSA) is 41.6 Å². The molecule has 1 saturated heterocycles. The van der Waals surface area contributed by atoms with Gasteiger partial charge in [0.1, 0.15) is 0 Å². The zero-order valence-corrected chi connectivity index (χ0v) is 15.2. The quantitative estimate of drug-likeness (QED) is 0.777. The van der Waals surface area contributed by atoms with Crippen molar-refractivity contribution in [3.8, 4) is 0 Å². The standard InChI is InChI=1S/C18H28N2O2S/c1-14(2)11-20-8-9-22-16(12-20)10-19-18(21)13-23-17-7-5-4-6-15(17)3/h4-7,14,16H,8-13H2,1-3H3,(H,19,21)/t16-/m1/s1. The second-order valence-corrected chi connectivity index (χ2v) is 7.52. The maximum Gasteiger partial charge on any atom is 0.230 e. The van der Waals surface area contributed by atoms with Crippen LogP contribution in [0.2, 0.25) is 0 Å². The number of hydrogen-bond acceptors (Lipinski definition) is 4. The molecule has 0 radical (unpaired) electrons. The van der Waals surface area contributed by atoms with Gasteiger partial charge in [-0.05, 0) is 24.5 Å². The van der Waals surface area contributed by atoms with Gasteiger partial charge in [0.2, 0.25) is 5.91 Å². The highest BCUT2D eigenvalue weighted by Crippen LogP contribution is 2.21. The summed E-state index contributed by atoms with van der Waals surface area (Å²) in [6.07, 6.45) is 0.106. The first-order valence-electron chi connectivity index (χ1n) is 8.33. The summed E-state index contributed by atoms with van der Waals surface area (Å²) in [4.78, 5) is 15.6. The molecular weight excluding hydrogens is 308 g/mol. The second-order valence-electron chi connectivity index (χ2n) is 6.50. The van der Waals surface area contributed by atoms with E-state index in [1.54, 1.807) is 11.8 Å². The van der Waals surface area contributed by atoms with E-state index in [0.29, 0.717) is 18.2 Å². The van der Waals surface area contributed by atoms with Crippen molar-refractivity contribution >= 4 is 17.7 Å². The minimum absolute atomic E-state index is 0.0721. The van der Waals surface area contributed by atoms with Crippen LogP contribution in [-0.4, -0.2) is 55.4 Å². The number of morpholine rings is 1. The van der Waals surface area contributed by atoms with Crippen molar-refractivity contribution in [3.05, 3.63) is 29.8 Å². The summed E-state index contributed by atoms with van der Waals surface area (Å²) in [6.45, 7) is 10.9. The molecule has 2 rings (SSSR count). The molecule has 1 aromatic carbocycles. The summed E-state index contributed by atoms with van der Waals surface area (Å²) in [5.41, 5.74) is 1.21. The summed E-state index contributed by atoms with van der Waals surface area (Å²) in [5.74, 6) is 1.18. The van der Waals surface area contributed by atoms with E-state index in [-0.39, 0.29) is 12.0 Å². The molecule has 1 aliphatic heterocycles. The number of benzene rings is 1. The predicted molar refractivity (Wildman–Crippen MR) is 95.9 cm³/mol. The maximum absolute atomic E-state index is 12.0. The zero-order valence-electron chi connectivity index (χ0n) is 14.4. The molecule has 1 N–H and O–H groups in total. The van der Waals surface area contributed by atoms with Gasteiger partial charge < -0.3 is 10.1 Å². The first-order chi connectivity index (χ1) is 11.0. The molecule has 23 heavy (non-hydrogen) atoms. The van der Waals surface area contributed by atoms with Gasteiger partial charge in [-0.25, -0.2) is 0 Å². The predicted octanol–water partition coefficient (Wildman–Crippen LogP) is 2.56. The number of amides is 1.